The topological polar surface area (TPSA) is 59.1 Å². The minimum atomic E-state index is -0.0163. The van der Waals surface area contributed by atoms with Gasteiger partial charge in [0, 0.05) is 5.56 Å². The molecule has 0 bridgehead atoms. The second kappa shape index (κ2) is 4.74. The minimum absolute atomic E-state index is 0.0163. The number of hydrogen-bond donors (Lipinski definition) is 2. The van der Waals surface area contributed by atoms with Crippen molar-refractivity contribution in [3.63, 3.8) is 0 Å². The monoisotopic (exact) mass is 238 g/mol. The van der Waals surface area contributed by atoms with Gasteiger partial charge in [0.15, 0.2) is 0 Å². The van der Waals surface area contributed by atoms with E-state index in [1.165, 1.54) is 12.8 Å². The Kier molecular flexibility index (Phi) is 3.34. The molecule has 16 heavy (non-hydrogen) atoms. The number of rotatable bonds is 3. The van der Waals surface area contributed by atoms with Crippen molar-refractivity contribution in [3.8, 4) is 5.75 Å². The summed E-state index contributed by atoms with van der Waals surface area (Å²) in [5, 5.41) is 7.80. The average molecular weight is 239 g/mol. The summed E-state index contributed by atoms with van der Waals surface area (Å²) in [4.78, 5) is 0. The van der Waals surface area contributed by atoms with Crippen LogP contribution >= 0.6 is 11.6 Å². The fraction of sp³-hybridized carbons (Fsp3) is 0.417. The normalized spacial score (nSPS) is 16.3. The van der Waals surface area contributed by atoms with Crippen LogP contribution in [0.4, 0.5) is 0 Å². The molecule has 86 valence electrons. The highest BCUT2D eigenvalue weighted by Gasteiger charge is 2.16. The van der Waals surface area contributed by atoms with Crippen molar-refractivity contribution in [1.82, 2.24) is 0 Å². The number of amidine groups is 1. The van der Waals surface area contributed by atoms with Crippen LogP contribution < -0.4 is 10.5 Å². The first-order chi connectivity index (χ1) is 7.66. The van der Waals surface area contributed by atoms with Crippen molar-refractivity contribution in [2.75, 3.05) is 0 Å². The van der Waals surface area contributed by atoms with Gasteiger partial charge in [-0.25, -0.2) is 0 Å². The summed E-state index contributed by atoms with van der Waals surface area (Å²) < 4.78 is 5.80. The number of nitrogens with two attached hydrogens (primary N) is 1. The van der Waals surface area contributed by atoms with Gasteiger partial charge in [-0.2, -0.15) is 0 Å². The van der Waals surface area contributed by atoms with Gasteiger partial charge in [-0.15, -0.1) is 0 Å². The first-order valence-corrected chi connectivity index (χ1v) is 5.85. The largest absolute Gasteiger partial charge is 0.490 e. The standard InChI is InChI=1S/C12H15ClN2O/c13-11-7-9(5-6-10(11)12(14)15)16-8-3-1-2-4-8/h5-8H,1-4H2,(H3,14,15). The molecule has 1 aliphatic rings. The molecule has 0 unspecified atom stereocenters. The Labute approximate surface area is 100 Å². The number of ether oxygens (including phenoxy) is 1. The SMILES string of the molecule is N=C(N)c1ccc(OC2CCCC2)cc1Cl. The van der Waals surface area contributed by atoms with Crippen LogP contribution in [0.2, 0.25) is 5.02 Å². The van der Waals surface area contributed by atoms with Crippen molar-refractivity contribution < 1.29 is 4.74 Å². The minimum Gasteiger partial charge on any atom is -0.490 e. The lowest BCUT2D eigenvalue weighted by atomic mass is 10.2. The Morgan fingerprint density at radius 2 is 2.06 bits per heavy atom. The lowest BCUT2D eigenvalue weighted by Crippen LogP contribution is -2.13. The summed E-state index contributed by atoms with van der Waals surface area (Å²) in [6, 6.07) is 5.28. The van der Waals surface area contributed by atoms with Crippen LogP contribution in [0.25, 0.3) is 0 Å². The number of nitrogens with one attached hydrogen (secondary N) is 1. The molecule has 0 heterocycles. The lowest BCUT2D eigenvalue weighted by molar-refractivity contribution is 0.210. The fourth-order valence-corrected chi connectivity index (χ4v) is 2.26. The Bertz CT molecular complexity index is 400. The maximum Gasteiger partial charge on any atom is 0.124 e. The van der Waals surface area contributed by atoms with Crippen LogP contribution in [0.3, 0.4) is 0 Å². The van der Waals surface area contributed by atoms with Crippen molar-refractivity contribution in [2.45, 2.75) is 31.8 Å². The second-order valence-electron chi connectivity index (χ2n) is 4.08. The predicted octanol–water partition coefficient (Wildman–Crippen LogP) is 2.95. The highest BCUT2D eigenvalue weighted by atomic mass is 35.5. The van der Waals surface area contributed by atoms with Gasteiger partial charge in [-0.1, -0.05) is 11.6 Å². The highest BCUT2D eigenvalue weighted by Crippen LogP contribution is 2.27. The fourth-order valence-electron chi connectivity index (χ4n) is 1.99. The third-order valence-electron chi connectivity index (χ3n) is 2.84. The third kappa shape index (κ3) is 2.47. The molecule has 4 heteroatoms. The Morgan fingerprint density at radius 1 is 1.38 bits per heavy atom. The van der Waals surface area contributed by atoms with E-state index in [4.69, 9.17) is 27.5 Å². The molecule has 2 rings (SSSR count). The quantitative estimate of drug-likeness (QED) is 0.628. The maximum atomic E-state index is 7.32. The molecule has 0 atom stereocenters. The number of nitrogen functional groups attached to an aromatic ring is 1. The number of benzene rings is 1. The molecule has 0 spiro atoms. The molecule has 0 aliphatic heterocycles. The molecule has 0 aromatic heterocycles. The van der Waals surface area contributed by atoms with Crippen molar-refractivity contribution in [3.05, 3.63) is 28.8 Å². The van der Waals surface area contributed by atoms with E-state index in [0.717, 1.165) is 18.6 Å². The van der Waals surface area contributed by atoms with Crippen LogP contribution in [0.5, 0.6) is 5.75 Å². The summed E-state index contributed by atoms with van der Waals surface area (Å²) in [7, 11) is 0. The summed E-state index contributed by atoms with van der Waals surface area (Å²) in [6.07, 6.45) is 5.03. The molecule has 0 radical (unpaired) electrons. The average Bonchev–Trinajstić information content (AvgIpc) is 2.70. The Balaban J connectivity index is 2.11. The molecule has 1 aromatic carbocycles. The molecule has 1 aliphatic carbocycles. The van der Waals surface area contributed by atoms with Crippen LogP contribution in [-0.4, -0.2) is 11.9 Å². The Hall–Kier alpha value is -1.22. The molecule has 1 saturated carbocycles. The summed E-state index contributed by atoms with van der Waals surface area (Å²) >= 11 is 6.01. The first kappa shape index (κ1) is 11.3. The van der Waals surface area contributed by atoms with E-state index in [1.807, 2.05) is 6.07 Å². The van der Waals surface area contributed by atoms with Gasteiger partial charge in [0.25, 0.3) is 0 Å². The van der Waals surface area contributed by atoms with Crippen LogP contribution in [0.1, 0.15) is 31.2 Å². The zero-order valence-electron chi connectivity index (χ0n) is 9.00. The van der Waals surface area contributed by atoms with E-state index in [1.54, 1.807) is 12.1 Å². The van der Waals surface area contributed by atoms with Gasteiger partial charge in [-0.3, -0.25) is 5.41 Å². The van der Waals surface area contributed by atoms with Crippen LogP contribution in [0, 0.1) is 5.41 Å². The zero-order valence-corrected chi connectivity index (χ0v) is 9.76. The first-order valence-electron chi connectivity index (χ1n) is 5.47. The van der Waals surface area contributed by atoms with Crippen molar-refractivity contribution >= 4 is 17.4 Å². The molecule has 3 N–H and O–H groups in total. The van der Waals surface area contributed by atoms with Crippen LogP contribution in [-0.2, 0) is 0 Å². The van der Waals surface area contributed by atoms with E-state index in [2.05, 4.69) is 0 Å². The van der Waals surface area contributed by atoms with E-state index in [0.29, 0.717) is 16.7 Å². The molecule has 0 amide bonds. The molecule has 3 nitrogen and oxygen atoms in total. The van der Waals surface area contributed by atoms with Gasteiger partial charge in [-0.05, 0) is 43.9 Å². The summed E-state index contributed by atoms with van der Waals surface area (Å²) in [5.41, 5.74) is 5.94. The van der Waals surface area contributed by atoms with Gasteiger partial charge in [0.1, 0.15) is 11.6 Å². The Morgan fingerprint density at radius 3 is 2.62 bits per heavy atom. The predicted molar refractivity (Wildman–Crippen MR) is 65.4 cm³/mol. The number of halogens is 1. The van der Waals surface area contributed by atoms with E-state index in [9.17, 15) is 0 Å². The smallest absolute Gasteiger partial charge is 0.124 e. The number of hydrogen-bond acceptors (Lipinski definition) is 2. The lowest BCUT2D eigenvalue weighted by Gasteiger charge is -2.13. The zero-order chi connectivity index (χ0) is 11.5. The van der Waals surface area contributed by atoms with Gasteiger partial charge in [0.2, 0.25) is 0 Å². The van der Waals surface area contributed by atoms with E-state index in [-0.39, 0.29) is 5.84 Å². The van der Waals surface area contributed by atoms with Crippen molar-refractivity contribution in [1.29, 1.82) is 5.41 Å². The molecular weight excluding hydrogens is 224 g/mol. The third-order valence-corrected chi connectivity index (χ3v) is 3.15. The van der Waals surface area contributed by atoms with Gasteiger partial charge >= 0.3 is 0 Å². The summed E-state index contributed by atoms with van der Waals surface area (Å²) in [5.74, 6) is 0.749. The van der Waals surface area contributed by atoms with Crippen LogP contribution in [0.15, 0.2) is 18.2 Å². The maximum absolute atomic E-state index is 7.32. The molecule has 1 fully saturated rings. The van der Waals surface area contributed by atoms with Gasteiger partial charge < -0.3 is 10.5 Å². The molecule has 1 aromatic rings. The molecule has 0 saturated heterocycles. The van der Waals surface area contributed by atoms with Gasteiger partial charge in [0.05, 0.1) is 11.1 Å². The highest BCUT2D eigenvalue weighted by molar-refractivity contribution is 6.34. The molecular formula is C12H15ClN2O. The second-order valence-corrected chi connectivity index (χ2v) is 4.49. The van der Waals surface area contributed by atoms with E-state index < -0.39 is 0 Å². The van der Waals surface area contributed by atoms with E-state index >= 15 is 0 Å². The summed E-state index contributed by atoms with van der Waals surface area (Å²) in [6.45, 7) is 0. The van der Waals surface area contributed by atoms with Crippen molar-refractivity contribution in [2.24, 2.45) is 5.73 Å².